The maximum absolute atomic E-state index is 13.3. The maximum atomic E-state index is 13.3. The third-order valence-electron chi connectivity index (χ3n) is 6.02. The Kier molecular flexibility index (Phi) is 4.67. The number of carbonyl (C=O) groups is 1. The van der Waals surface area contributed by atoms with Gasteiger partial charge in [-0.1, -0.05) is 37.6 Å². The van der Waals surface area contributed by atoms with Crippen LogP contribution in [0.4, 0.5) is 5.82 Å². The molecule has 1 aliphatic heterocycles. The van der Waals surface area contributed by atoms with Gasteiger partial charge in [-0.15, -0.1) is 0 Å². The summed E-state index contributed by atoms with van der Waals surface area (Å²) in [5, 5.41) is 9.10. The van der Waals surface area contributed by atoms with E-state index >= 15 is 0 Å². The second kappa shape index (κ2) is 7.27. The highest BCUT2D eigenvalue weighted by Gasteiger charge is 2.41. The Balaban J connectivity index is 1.64. The van der Waals surface area contributed by atoms with E-state index in [1.807, 2.05) is 59.3 Å². The maximum Gasteiger partial charge on any atom is 0.163 e. The lowest BCUT2D eigenvalue weighted by Crippen LogP contribution is -2.36. The number of anilines is 1. The number of methoxy groups -OCH3 is 1. The molecule has 0 bridgehead atoms. The lowest BCUT2D eigenvalue weighted by Gasteiger charge is -2.38. The SMILES string of the molecule is COc1ccc(-c2cc3n(n2)[C@H](c2ccc(Cl)cc2)C2=C(CC(C)(C)CC2=O)N3)cc1. The highest BCUT2D eigenvalue weighted by molar-refractivity contribution is 6.30. The third kappa shape index (κ3) is 3.53. The predicted octanol–water partition coefficient (Wildman–Crippen LogP) is 5.87. The molecular weight excluding hydrogens is 410 g/mol. The van der Waals surface area contributed by atoms with E-state index in [0.717, 1.165) is 46.1 Å². The molecule has 2 heterocycles. The van der Waals surface area contributed by atoms with Crippen LogP contribution in [-0.4, -0.2) is 22.7 Å². The standard InChI is InChI=1S/C25H24ClN3O2/c1-25(2)13-20-23(21(30)14-25)24(16-4-8-17(26)9-5-16)29-22(27-20)12-19(28-29)15-6-10-18(31-3)11-7-15/h4-12,24,27H,13-14H2,1-3H3/t24-/m1/s1. The van der Waals surface area contributed by atoms with Crippen LogP contribution in [0.15, 0.2) is 65.9 Å². The molecule has 0 spiro atoms. The van der Waals surface area contributed by atoms with Crippen molar-refractivity contribution in [2.24, 2.45) is 5.41 Å². The van der Waals surface area contributed by atoms with E-state index < -0.39 is 0 Å². The molecule has 0 unspecified atom stereocenters. The van der Waals surface area contributed by atoms with Crippen LogP contribution in [0.2, 0.25) is 5.02 Å². The van der Waals surface area contributed by atoms with E-state index in [4.69, 9.17) is 21.4 Å². The minimum atomic E-state index is -0.279. The van der Waals surface area contributed by atoms with E-state index in [1.54, 1.807) is 7.11 Å². The molecule has 0 amide bonds. The van der Waals surface area contributed by atoms with Gasteiger partial charge in [0.1, 0.15) is 17.6 Å². The molecule has 6 heteroatoms. The molecule has 1 atom stereocenters. The lowest BCUT2D eigenvalue weighted by atomic mass is 9.73. The number of halogens is 1. The molecule has 3 aromatic rings. The van der Waals surface area contributed by atoms with Gasteiger partial charge in [0, 0.05) is 34.3 Å². The fourth-order valence-electron chi connectivity index (χ4n) is 4.58. The number of carbonyl (C=O) groups excluding carboxylic acids is 1. The summed E-state index contributed by atoms with van der Waals surface area (Å²) < 4.78 is 7.20. The van der Waals surface area contributed by atoms with Crippen LogP contribution in [0.1, 0.15) is 38.3 Å². The summed E-state index contributed by atoms with van der Waals surface area (Å²) in [5.41, 5.74) is 4.55. The highest BCUT2D eigenvalue weighted by Crippen LogP contribution is 2.46. The Morgan fingerprint density at radius 1 is 1.10 bits per heavy atom. The minimum absolute atomic E-state index is 0.0749. The first-order valence-corrected chi connectivity index (χ1v) is 10.8. The third-order valence-corrected chi connectivity index (χ3v) is 6.28. The molecule has 31 heavy (non-hydrogen) atoms. The second-order valence-corrected chi connectivity index (χ2v) is 9.44. The Bertz CT molecular complexity index is 1190. The molecule has 1 aliphatic carbocycles. The molecule has 5 nitrogen and oxygen atoms in total. The number of hydrogen-bond acceptors (Lipinski definition) is 4. The van der Waals surface area contributed by atoms with Gasteiger partial charge >= 0.3 is 0 Å². The number of hydrogen-bond donors (Lipinski definition) is 1. The summed E-state index contributed by atoms with van der Waals surface area (Å²) in [6.45, 7) is 4.28. The number of aromatic nitrogens is 2. The number of fused-ring (bicyclic) bond motifs is 1. The van der Waals surface area contributed by atoms with Crippen LogP contribution >= 0.6 is 11.6 Å². The van der Waals surface area contributed by atoms with Crippen molar-refractivity contribution in [1.82, 2.24) is 9.78 Å². The lowest BCUT2D eigenvalue weighted by molar-refractivity contribution is -0.118. The first kappa shape index (κ1) is 19.9. The molecule has 2 aromatic carbocycles. The fourth-order valence-corrected chi connectivity index (χ4v) is 4.71. The molecule has 1 aromatic heterocycles. The first-order chi connectivity index (χ1) is 14.8. The largest absolute Gasteiger partial charge is 0.497 e. The number of rotatable bonds is 3. The normalized spacial score (nSPS) is 19.5. The van der Waals surface area contributed by atoms with Gasteiger partial charge < -0.3 is 10.1 Å². The zero-order valence-corrected chi connectivity index (χ0v) is 18.5. The average molecular weight is 434 g/mol. The van der Waals surface area contributed by atoms with Gasteiger partial charge in [-0.3, -0.25) is 4.79 Å². The molecule has 0 fully saturated rings. The molecule has 5 rings (SSSR count). The monoisotopic (exact) mass is 433 g/mol. The summed E-state index contributed by atoms with van der Waals surface area (Å²) in [6, 6.07) is 17.3. The van der Waals surface area contributed by atoms with Gasteiger partial charge in [0.2, 0.25) is 0 Å². The van der Waals surface area contributed by atoms with Gasteiger partial charge in [0.05, 0.1) is 12.8 Å². The minimum Gasteiger partial charge on any atom is -0.497 e. The number of Topliss-reactive ketones (excluding diaryl/α,β-unsaturated/α-hetero) is 1. The van der Waals surface area contributed by atoms with E-state index in [0.29, 0.717) is 11.4 Å². The fraction of sp³-hybridized carbons (Fsp3) is 0.280. The van der Waals surface area contributed by atoms with Crippen LogP contribution < -0.4 is 10.1 Å². The molecule has 2 aliphatic rings. The summed E-state index contributed by atoms with van der Waals surface area (Å²) in [7, 11) is 1.65. The Labute approximate surface area is 186 Å². The van der Waals surface area contributed by atoms with Gasteiger partial charge in [-0.25, -0.2) is 4.68 Å². The Hall–Kier alpha value is -3.05. The molecular formula is C25H24ClN3O2. The van der Waals surface area contributed by atoms with Gasteiger partial charge in [-0.05, 0) is 53.8 Å². The quantitative estimate of drug-likeness (QED) is 0.561. The molecule has 0 saturated heterocycles. The predicted molar refractivity (Wildman–Crippen MR) is 122 cm³/mol. The van der Waals surface area contributed by atoms with Crippen LogP contribution in [0.5, 0.6) is 5.75 Å². The number of ether oxygens (including phenoxy) is 1. The van der Waals surface area contributed by atoms with Crippen molar-refractivity contribution in [2.75, 3.05) is 12.4 Å². The highest BCUT2D eigenvalue weighted by atomic mass is 35.5. The van der Waals surface area contributed by atoms with Crippen LogP contribution in [-0.2, 0) is 4.79 Å². The van der Waals surface area contributed by atoms with Gasteiger partial charge in [0.15, 0.2) is 5.78 Å². The number of nitrogens with one attached hydrogen (secondary N) is 1. The number of nitrogens with zero attached hydrogens (tertiary/aromatic N) is 2. The molecule has 158 valence electrons. The van der Waals surface area contributed by atoms with E-state index in [9.17, 15) is 4.79 Å². The average Bonchev–Trinajstić information content (AvgIpc) is 3.16. The van der Waals surface area contributed by atoms with Crippen LogP contribution in [0.3, 0.4) is 0 Å². The summed E-state index contributed by atoms with van der Waals surface area (Å²) >= 11 is 6.14. The van der Waals surface area contributed by atoms with E-state index in [2.05, 4.69) is 19.2 Å². The molecule has 0 saturated carbocycles. The second-order valence-electron chi connectivity index (χ2n) is 9.00. The van der Waals surface area contributed by atoms with Crippen molar-refractivity contribution < 1.29 is 9.53 Å². The zero-order chi connectivity index (χ0) is 21.8. The van der Waals surface area contributed by atoms with E-state index in [1.165, 1.54) is 0 Å². The Morgan fingerprint density at radius 2 is 1.81 bits per heavy atom. The van der Waals surface area contributed by atoms with Crippen molar-refractivity contribution in [3.05, 3.63) is 76.5 Å². The van der Waals surface area contributed by atoms with Crippen LogP contribution in [0, 0.1) is 5.41 Å². The first-order valence-electron chi connectivity index (χ1n) is 10.4. The summed E-state index contributed by atoms with van der Waals surface area (Å²) in [6.07, 6.45) is 1.35. The van der Waals surface area contributed by atoms with Crippen molar-refractivity contribution in [3.63, 3.8) is 0 Å². The smallest absolute Gasteiger partial charge is 0.163 e. The topological polar surface area (TPSA) is 56.2 Å². The number of ketones is 1. The molecule has 0 radical (unpaired) electrons. The van der Waals surface area contributed by atoms with Crippen molar-refractivity contribution >= 4 is 23.2 Å². The van der Waals surface area contributed by atoms with E-state index in [-0.39, 0.29) is 17.2 Å². The van der Waals surface area contributed by atoms with Crippen molar-refractivity contribution in [2.45, 2.75) is 32.7 Å². The zero-order valence-electron chi connectivity index (χ0n) is 17.8. The van der Waals surface area contributed by atoms with Crippen LogP contribution in [0.25, 0.3) is 11.3 Å². The Morgan fingerprint density at radius 3 is 2.48 bits per heavy atom. The van der Waals surface area contributed by atoms with Gasteiger partial charge in [-0.2, -0.15) is 5.10 Å². The number of benzene rings is 2. The molecule has 1 N–H and O–H groups in total. The number of allylic oxidation sites excluding steroid dienone is 2. The summed E-state index contributed by atoms with van der Waals surface area (Å²) in [4.78, 5) is 13.3. The van der Waals surface area contributed by atoms with Crippen molar-refractivity contribution in [3.8, 4) is 17.0 Å². The van der Waals surface area contributed by atoms with Crippen molar-refractivity contribution in [1.29, 1.82) is 0 Å². The van der Waals surface area contributed by atoms with Gasteiger partial charge in [0.25, 0.3) is 0 Å². The summed E-state index contributed by atoms with van der Waals surface area (Å²) in [5.74, 6) is 1.86.